The predicted molar refractivity (Wildman–Crippen MR) is 69.8 cm³/mol. The lowest BCUT2D eigenvalue weighted by atomic mass is 10.3. The third kappa shape index (κ3) is 3.75. The molecule has 0 saturated carbocycles. The first-order chi connectivity index (χ1) is 8.74. The fraction of sp³-hybridized carbons (Fsp3) is 0.0769. The van der Waals surface area contributed by atoms with Crippen LogP contribution < -0.4 is 10.1 Å². The Bertz CT molecular complexity index is 514. The second kappa shape index (κ2) is 6.02. The summed E-state index contributed by atoms with van der Waals surface area (Å²) in [6, 6.07) is 12.1. The van der Waals surface area contributed by atoms with Gasteiger partial charge in [-0.3, -0.25) is 4.79 Å². The van der Waals surface area contributed by atoms with E-state index in [-0.39, 0.29) is 12.5 Å². The molecule has 4 nitrogen and oxygen atoms in total. The molecule has 0 atom stereocenters. The Labute approximate surface area is 110 Å². The summed E-state index contributed by atoms with van der Waals surface area (Å²) >= 11 is 5.74. The largest absolute Gasteiger partial charge is 0.484 e. The second-order valence-electron chi connectivity index (χ2n) is 3.51. The third-order valence-corrected chi connectivity index (χ3v) is 2.37. The van der Waals surface area contributed by atoms with Crippen LogP contribution in [0.2, 0.25) is 5.02 Å². The van der Waals surface area contributed by atoms with Crippen LogP contribution in [0.15, 0.2) is 48.7 Å². The number of carbonyl (C=O) groups excluding carboxylic acids is 1. The highest BCUT2D eigenvalue weighted by molar-refractivity contribution is 6.30. The van der Waals surface area contributed by atoms with Gasteiger partial charge in [0.15, 0.2) is 6.61 Å². The number of rotatable bonds is 4. The van der Waals surface area contributed by atoms with Crippen molar-refractivity contribution in [3.8, 4) is 5.75 Å². The monoisotopic (exact) mass is 262 g/mol. The number of hydrogen-bond acceptors (Lipinski definition) is 3. The number of amides is 1. The van der Waals surface area contributed by atoms with E-state index in [1.807, 2.05) is 0 Å². The maximum atomic E-state index is 11.6. The van der Waals surface area contributed by atoms with Gasteiger partial charge in [-0.05, 0) is 36.4 Å². The van der Waals surface area contributed by atoms with Crippen LogP contribution in [0.5, 0.6) is 5.75 Å². The van der Waals surface area contributed by atoms with Crippen molar-refractivity contribution >= 4 is 23.3 Å². The van der Waals surface area contributed by atoms with Crippen molar-refractivity contribution in [2.45, 2.75) is 0 Å². The molecule has 5 heteroatoms. The van der Waals surface area contributed by atoms with Crippen LogP contribution in [0, 0.1) is 0 Å². The van der Waals surface area contributed by atoms with Gasteiger partial charge >= 0.3 is 0 Å². The van der Waals surface area contributed by atoms with E-state index < -0.39 is 0 Å². The molecule has 0 unspecified atom stereocenters. The van der Waals surface area contributed by atoms with E-state index in [1.165, 1.54) is 0 Å². The molecule has 0 radical (unpaired) electrons. The number of benzene rings is 1. The summed E-state index contributed by atoms with van der Waals surface area (Å²) in [4.78, 5) is 15.5. The predicted octanol–water partition coefficient (Wildman–Crippen LogP) is 2.75. The van der Waals surface area contributed by atoms with Crippen LogP contribution in [-0.2, 0) is 4.79 Å². The van der Waals surface area contributed by atoms with Crippen molar-refractivity contribution in [2.24, 2.45) is 0 Å². The molecule has 1 N–H and O–H groups in total. The molecule has 0 bridgehead atoms. The van der Waals surface area contributed by atoms with Gasteiger partial charge in [-0.25, -0.2) is 4.98 Å². The first kappa shape index (κ1) is 12.4. The fourth-order valence-corrected chi connectivity index (χ4v) is 1.42. The SMILES string of the molecule is O=C(COc1ccc(Cl)cc1)Nc1ccccn1. The molecule has 2 aromatic rings. The molecule has 1 aromatic carbocycles. The molecule has 0 aliphatic carbocycles. The molecule has 18 heavy (non-hydrogen) atoms. The van der Waals surface area contributed by atoms with Crippen molar-refractivity contribution in [1.29, 1.82) is 0 Å². The van der Waals surface area contributed by atoms with Gasteiger partial charge in [0.2, 0.25) is 0 Å². The zero-order valence-electron chi connectivity index (χ0n) is 9.47. The number of pyridine rings is 1. The number of ether oxygens (including phenoxy) is 1. The maximum absolute atomic E-state index is 11.6. The Morgan fingerprint density at radius 1 is 1.22 bits per heavy atom. The number of nitrogens with one attached hydrogen (secondary N) is 1. The Kier molecular flexibility index (Phi) is 4.15. The average molecular weight is 263 g/mol. The van der Waals surface area contributed by atoms with Gasteiger partial charge in [-0.15, -0.1) is 0 Å². The lowest BCUT2D eigenvalue weighted by Gasteiger charge is -2.06. The van der Waals surface area contributed by atoms with Crippen molar-refractivity contribution in [1.82, 2.24) is 4.98 Å². The maximum Gasteiger partial charge on any atom is 0.263 e. The molecule has 1 aromatic heterocycles. The fourth-order valence-electron chi connectivity index (χ4n) is 1.30. The molecule has 92 valence electrons. The molecule has 2 rings (SSSR count). The summed E-state index contributed by atoms with van der Waals surface area (Å²) in [7, 11) is 0. The first-order valence-corrected chi connectivity index (χ1v) is 5.71. The van der Waals surface area contributed by atoms with E-state index in [0.717, 1.165) is 0 Å². The van der Waals surface area contributed by atoms with E-state index in [0.29, 0.717) is 16.6 Å². The van der Waals surface area contributed by atoms with E-state index in [4.69, 9.17) is 16.3 Å². The molecule has 0 aliphatic heterocycles. The molecule has 0 spiro atoms. The number of carbonyl (C=O) groups is 1. The molecule has 1 amide bonds. The Morgan fingerprint density at radius 2 is 2.00 bits per heavy atom. The van der Waals surface area contributed by atoms with Gasteiger partial charge in [-0.2, -0.15) is 0 Å². The van der Waals surface area contributed by atoms with E-state index in [1.54, 1.807) is 48.7 Å². The van der Waals surface area contributed by atoms with Crippen molar-refractivity contribution in [3.05, 3.63) is 53.7 Å². The summed E-state index contributed by atoms with van der Waals surface area (Å²) in [5.41, 5.74) is 0. The van der Waals surface area contributed by atoms with Crippen LogP contribution in [0.3, 0.4) is 0 Å². The minimum Gasteiger partial charge on any atom is -0.484 e. The normalized spacial score (nSPS) is 9.83. The van der Waals surface area contributed by atoms with Gasteiger partial charge in [0.1, 0.15) is 11.6 Å². The Hall–Kier alpha value is -2.07. The van der Waals surface area contributed by atoms with E-state index in [2.05, 4.69) is 10.3 Å². The number of aromatic nitrogens is 1. The van der Waals surface area contributed by atoms with Gasteiger partial charge in [0, 0.05) is 11.2 Å². The molecule has 1 heterocycles. The minimum absolute atomic E-state index is 0.0712. The quantitative estimate of drug-likeness (QED) is 0.922. The van der Waals surface area contributed by atoms with Crippen molar-refractivity contribution in [2.75, 3.05) is 11.9 Å². The van der Waals surface area contributed by atoms with Crippen molar-refractivity contribution in [3.63, 3.8) is 0 Å². The summed E-state index contributed by atoms with van der Waals surface area (Å²) in [6.45, 7) is -0.0712. The lowest BCUT2D eigenvalue weighted by Crippen LogP contribution is -2.20. The Balaban J connectivity index is 1.83. The second-order valence-corrected chi connectivity index (χ2v) is 3.94. The first-order valence-electron chi connectivity index (χ1n) is 5.33. The molecule has 0 fully saturated rings. The van der Waals surface area contributed by atoms with E-state index >= 15 is 0 Å². The van der Waals surface area contributed by atoms with Crippen LogP contribution in [0.4, 0.5) is 5.82 Å². The average Bonchev–Trinajstić information content (AvgIpc) is 2.39. The summed E-state index contributed by atoms with van der Waals surface area (Å²) < 4.78 is 5.30. The molecule has 0 saturated heterocycles. The summed E-state index contributed by atoms with van der Waals surface area (Å²) in [6.07, 6.45) is 1.61. The van der Waals surface area contributed by atoms with Gasteiger partial charge in [-0.1, -0.05) is 17.7 Å². The zero-order valence-corrected chi connectivity index (χ0v) is 10.2. The highest BCUT2D eigenvalue weighted by Crippen LogP contribution is 2.15. The van der Waals surface area contributed by atoms with Crippen LogP contribution in [-0.4, -0.2) is 17.5 Å². The number of halogens is 1. The third-order valence-electron chi connectivity index (χ3n) is 2.12. The number of anilines is 1. The summed E-state index contributed by atoms with van der Waals surface area (Å²) in [5, 5.41) is 3.25. The van der Waals surface area contributed by atoms with E-state index in [9.17, 15) is 4.79 Å². The van der Waals surface area contributed by atoms with Crippen LogP contribution >= 0.6 is 11.6 Å². The molecular formula is C13H11ClN2O2. The molecule has 0 aliphatic rings. The zero-order chi connectivity index (χ0) is 12.8. The Morgan fingerprint density at radius 3 is 2.67 bits per heavy atom. The minimum atomic E-state index is -0.261. The topological polar surface area (TPSA) is 51.2 Å². The van der Waals surface area contributed by atoms with Crippen LogP contribution in [0.25, 0.3) is 0 Å². The smallest absolute Gasteiger partial charge is 0.263 e. The highest BCUT2D eigenvalue weighted by Gasteiger charge is 2.03. The van der Waals surface area contributed by atoms with Crippen LogP contribution in [0.1, 0.15) is 0 Å². The lowest BCUT2D eigenvalue weighted by molar-refractivity contribution is -0.118. The van der Waals surface area contributed by atoms with Gasteiger partial charge in [0.05, 0.1) is 0 Å². The standard InChI is InChI=1S/C13H11ClN2O2/c14-10-4-6-11(7-5-10)18-9-13(17)16-12-3-1-2-8-15-12/h1-8H,9H2,(H,15,16,17). The number of hydrogen-bond donors (Lipinski definition) is 1. The number of nitrogens with zero attached hydrogens (tertiary/aromatic N) is 1. The van der Waals surface area contributed by atoms with Crippen molar-refractivity contribution < 1.29 is 9.53 Å². The highest BCUT2D eigenvalue weighted by atomic mass is 35.5. The molecular weight excluding hydrogens is 252 g/mol. The van der Waals surface area contributed by atoms with Gasteiger partial charge < -0.3 is 10.1 Å². The van der Waals surface area contributed by atoms with Gasteiger partial charge in [0.25, 0.3) is 5.91 Å². The summed E-state index contributed by atoms with van der Waals surface area (Å²) in [5.74, 6) is 0.835.